The molecule has 0 unspecified atom stereocenters. The molecule has 1 fully saturated rings. The van der Waals surface area contributed by atoms with Crippen molar-refractivity contribution in [1.82, 2.24) is 19.3 Å². The highest BCUT2D eigenvalue weighted by molar-refractivity contribution is 5.97. The maximum absolute atomic E-state index is 13.5. The molecule has 34 heavy (non-hydrogen) atoms. The lowest BCUT2D eigenvalue weighted by molar-refractivity contribution is 0.0937. The van der Waals surface area contributed by atoms with Crippen molar-refractivity contribution in [2.45, 2.75) is 58.0 Å². The number of nitrogens with zero attached hydrogens (tertiary/aromatic N) is 3. The fraction of sp³-hybridized carbons (Fsp3) is 0.333. The molecule has 1 amide bonds. The summed E-state index contributed by atoms with van der Waals surface area (Å²) < 4.78 is 3.37. The number of nitrogens with one attached hydrogen (secondary N) is 2. The normalized spacial score (nSPS) is 15.5. The first-order valence-corrected chi connectivity index (χ1v) is 11.9. The standard InChI is InChI=1S/C27H29N5O2/c1-17-10-9-15-31-24(17)30-25-22(27(31)34)16-21(23(28)32(25)20-13-7-4-8-14-20)26(33)29-18(2)19-11-5-3-6-12-19/h3,5-6,9-12,15-16,18,20,28H,4,7-8,13-14H2,1-2H3,(H,29,33)/t18-/m1/s1. The number of fused-ring (bicyclic) bond motifs is 2. The average Bonchev–Trinajstić information content (AvgIpc) is 2.85. The molecule has 0 aliphatic heterocycles. The van der Waals surface area contributed by atoms with Crippen LogP contribution in [0.15, 0.2) is 59.5 Å². The van der Waals surface area contributed by atoms with E-state index in [0.717, 1.165) is 43.2 Å². The van der Waals surface area contributed by atoms with Crippen molar-refractivity contribution in [3.05, 3.63) is 87.3 Å². The van der Waals surface area contributed by atoms with Gasteiger partial charge >= 0.3 is 0 Å². The smallest absolute Gasteiger partial charge is 0.267 e. The lowest BCUT2D eigenvalue weighted by Gasteiger charge is -2.27. The average molecular weight is 456 g/mol. The second-order valence-electron chi connectivity index (χ2n) is 9.21. The molecule has 7 nitrogen and oxygen atoms in total. The Morgan fingerprint density at radius 2 is 1.82 bits per heavy atom. The van der Waals surface area contributed by atoms with Crippen LogP contribution in [0.5, 0.6) is 0 Å². The number of aromatic nitrogens is 3. The van der Waals surface area contributed by atoms with E-state index < -0.39 is 0 Å². The SMILES string of the molecule is Cc1cccn2c(=O)c3cc(C(=O)N[C@H](C)c4ccccc4)c(=N)n(C4CCCCC4)c3nc12. The van der Waals surface area contributed by atoms with Crippen LogP contribution < -0.4 is 16.4 Å². The Labute approximate surface area is 197 Å². The number of pyridine rings is 2. The van der Waals surface area contributed by atoms with Crippen LogP contribution in [0.2, 0.25) is 0 Å². The fourth-order valence-corrected chi connectivity index (χ4v) is 5.03. The van der Waals surface area contributed by atoms with Gasteiger partial charge in [-0.1, -0.05) is 55.7 Å². The quantitative estimate of drug-likeness (QED) is 0.446. The molecule has 0 radical (unpaired) electrons. The molecule has 0 spiro atoms. The van der Waals surface area contributed by atoms with Crippen LogP contribution in [0.1, 0.15) is 72.6 Å². The summed E-state index contributed by atoms with van der Waals surface area (Å²) in [5, 5.41) is 12.4. The molecule has 0 bridgehead atoms. The molecule has 1 aromatic carbocycles. The second kappa shape index (κ2) is 8.89. The first-order valence-electron chi connectivity index (χ1n) is 11.9. The second-order valence-corrected chi connectivity index (χ2v) is 9.21. The van der Waals surface area contributed by atoms with Crippen LogP contribution in [0.3, 0.4) is 0 Å². The number of carbonyl (C=O) groups excluding carboxylic acids is 1. The summed E-state index contributed by atoms with van der Waals surface area (Å²) in [4.78, 5) is 31.8. The van der Waals surface area contributed by atoms with Crippen LogP contribution in [0.25, 0.3) is 16.7 Å². The van der Waals surface area contributed by atoms with Gasteiger partial charge in [-0.3, -0.25) is 19.4 Å². The lowest BCUT2D eigenvalue weighted by Crippen LogP contribution is -2.37. The molecular weight excluding hydrogens is 426 g/mol. The predicted octanol–water partition coefficient (Wildman–Crippen LogP) is 4.43. The summed E-state index contributed by atoms with van der Waals surface area (Å²) in [5.74, 6) is -0.360. The Bertz CT molecular complexity index is 1500. The summed E-state index contributed by atoms with van der Waals surface area (Å²) in [7, 11) is 0. The van der Waals surface area contributed by atoms with E-state index in [-0.39, 0.29) is 34.6 Å². The summed E-state index contributed by atoms with van der Waals surface area (Å²) in [6, 6.07) is 14.8. The molecule has 2 N–H and O–H groups in total. The zero-order valence-electron chi connectivity index (χ0n) is 19.5. The van der Waals surface area contributed by atoms with Gasteiger partial charge in [-0.05, 0) is 49.9 Å². The molecule has 1 saturated carbocycles. The van der Waals surface area contributed by atoms with Crippen LogP contribution >= 0.6 is 0 Å². The van der Waals surface area contributed by atoms with E-state index >= 15 is 0 Å². The molecule has 5 rings (SSSR count). The van der Waals surface area contributed by atoms with E-state index in [4.69, 9.17) is 10.4 Å². The number of hydrogen-bond acceptors (Lipinski definition) is 4. The van der Waals surface area contributed by atoms with Gasteiger partial charge in [0.2, 0.25) is 0 Å². The van der Waals surface area contributed by atoms with Crippen molar-refractivity contribution in [3.63, 3.8) is 0 Å². The van der Waals surface area contributed by atoms with Gasteiger partial charge in [0.05, 0.1) is 17.0 Å². The highest BCUT2D eigenvalue weighted by atomic mass is 16.2. The molecule has 174 valence electrons. The van der Waals surface area contributed by atoms with Gasteiger partial charge in [-0.15, -0.1) is 0 Å². The maximum atomic E-state index is 13.5. The van der Waals surface area contributed by atoms with Crippen LogP contribution in [0, 0.1) is 12.3 Å². The largest absolute Gasteiger partial charge is 0.345 e. The Morgan fingerprint density at radius 1 is 1.09 bits per heavy atom. The summed E-state index contributed by atoms with van der Waals surface area (Å²) in [6.45, 7) is 3.84. The molecular formula is C27H29N5O2. The molecule has 1 aliphatic carbocycles. The topological polar surface area (TPSA) is 92.3 Å². The minimum absolute atomic E-state index is 0.0430. The van der Waals surface area contributed by atoms with E-state index in [1.54, 1.807) is 12.3 Å². The first-order chi connectivity index (χ1) is 16.5. The third kappa shape index (κ3) is 3.81. The highest BCUT2D eigenvalue weighted by Gasteiger charge is 2.24. The number of aryl methyl sites for hydroxylation is 1. The summed E-state index contributed by atoms with van der Waals surface area (Å²) in [5.41, 5.74) is 3.03. The molecule has 1 atom stereocenters. The third-order valence-corrected chi connectivity index (χ3v) is 6.91. The Balaban J connectivity index is 1.71. The van der Waals surface area contributed by atoms with Gasteiger partial charge < -0.3 is 9.88 Å². The van der Waals surface area contributed by atoms with Gasteiger partial charge in [0.15, 0.2) is 0 Å². The maximum Gasteiger partial charge on any atom is 0.267 e. The molecule has 7 heteroatoms. The van der Waals surface area contributed by atoms with Crippen molar-refractivity contribution in [2.24, 2.45) is 0 Å². The number of benzene rings is 1. The molecule has 3 heterocycles. The monoisotopic (exact) mass is 455 g/mol. The van der Waals surface area contributed by atoms with Crippen LogP contribution in [-0.2, 0) is 0 Å². The van der Waals surface area contributed by atoms with Gasteiger partial charge in [-0.2, -0.15) is 0 Å². The lowest BCUT2D eigenvalue weighted by atomic mass is 9.94. The molecule has 1 aliphatic rings. The molecule has 0 saturated heterocycles. The van der Waals surface area contributed by atoms with E-state index in [9.17, 15) is 9.59 Å². The van der Waals surface area contributed by atoms with Gasteiger partial charge in [0.25, 0.3) is 11.5 Å². The number of hydrogen-bond donors (Lipinski definition) is 2. The number of amides is 1. The first kappa shape index (κ1) is 22.1. The van der Waals surface area contributed by atoms with Gasteiger partial charge in [0.1, 0.15) is 16.8 Å². The molecule has 3 aromatic heterocycles. The number of rotatable bonds is 4. The Kier molecular flexibility index (Phi) is 5.77. The van der Waals surface area contributed by atoms with E-state index in [0.29, 0.717) is 16.7 Å². The van der Waals surface area contributed by atoms with Crippen molar-refractivity contribution in [1.29, 1.82) is 5.41 Å². The minimum Gasteiger partial charge on any atom is -0.345 e. The zero-order valence-corrected chi connectivity index (χ0v) is 19.5. The van der Waals surface area contributed by atoms with Crippen molar-refractivity contribution in [2.75, 3.05) is 0 Å². The van der Waals surface area contributed by atoms with E-state index in [1.165, 1.54) is 4.40 Å². The van der Waals surface area contributed by atoms with E-state index in [1.807, 2.05) is 60.9 Å². The Hall–Kier alpha value is -3.74. The summed E-state index contributed by atoms with van der Waals surface area (Å²) >= 11 is 0. The number of carbonyl (C=O) groups is 1. The van der Waals surface area contributed by atoms with Crippen LogP contribution in [-0.4, -0.2) is 19.9 Å². The molecule has 4 aromatic rings. The van der Waals surface area contributed by atoms with Gasteiger partial charge in [-0.25, -0.2) is 4.98 Å². The Morgan fingerprint density at radius 3 is 2.56 bits per heavy atom. The van der Waals surface area contributed by atoms with Crippen molar-refractivity contribution in [3.8, 4) is 0 Å². The van der Waals surface area contributed by atoms with Crippen LogP contribution in [0.4, 0.5) is 0 Å². The summed E-state index contributed by atoms with van der Waals surface area (Å²) in [6.07, 6.45) is 6.80. The minimum atomic E-state index is -0.360. The van der Waals surface area contributed by atoms with E-state index in [2.05, 4.69) is 5.32 Å². The van der Waals surface area contributed by atoms with Gasteiger partial charge in [0, 0.05) is 12.2 Å². The third-order valence-electron chi connectivity index (χ3n) is 6.91. The highest BCUT2D eigenvalue weighted by Crippen LogP contribution is 2.29. The predicted molar refractivity (Wildman–Crippen MR) is 132 cm³/mol. The van der Waals surface area contributed by atoms with Crippen molar-refractivity contribution < 1.29 is 4.79 Å². The fourth-order valence-electron chi connectivity index (χ4n) is 5.03. The zero-order chi connectivity index (χ0) is 23.8. The van der Waals surface area contributed by atoms with Crippen molar-refractivity contribution >= 4 is 22.6 Å².